The first-order valence-corrected chi connectivity index (χ1v) is 11.6. The molecule has 150 valence electrons. The van der Waals surface area contributed by atoms with Gasteiger partial charge in [0.25, 0.3) is 15.9 Å². The fourth-order valence-electron chi connectivity index (χ4n) is 2.86. The molecule has 0 heterocycles. The largest absolute Gasteiger partial charge is 0.322 e. The van der Waals surface area contributed by atoms with E-state index in [1.54, 1.807) is 49.4 Å². The van der Waals surface area contributed by atoms with E-state index in [0.29, 0.717) is 23.5 Å². The van der Waals surface area contributed by atoms with Crippen molar-refractivity contribution in [1.29, 1.82) is 0 Å². The molecule has 0 atom stereocenters. The number of carbonyl (C=O) groups excluding carboxylic acids is 1. The van der Waals surface area contributed by atoms with Crippen molar-refractivity contribution in [3.8, 4) is 0 Å². The summed E-state index contributed by atoms with van der Waals surface area (Å²) >= 11 is 2.19. The van der Waals surface area contributed by atoms with Gasteiger partial charge in [-0.15, -0.1) is 0 Å². The summed E-state index contributed by atoms with van der Waals surface area (Å²) < 4.78 is 28.4. The first-order valence-electron chi connectivity index (χ1n) is 9.08. The lowest BCUT2D eigenvalue weighted by Gasteiger charge is -2.23. The molecule has 0 aliphatic heterocycles. The van der Waals surface area contributed by atoms with E-state index in [2.05, 4.69) is 27.9 Å². The lowest BCUT2D eigenvalue weighted by atomic mass is 10.1. The number of hydrogen-bond donors (Lipinski definition) is 1. The molecule has 0 spiro atoms. The maximum absolute atomic E-state index is 13.0. The van der Waals surface area contributed by atoms with Crippen molar-refractivity contribution in [3.05, 3.63) is 87.5 Å². The molecule has 0 bridgehead atoms. The molecule has 0 aliphatic carbocycles. The lowest BCUT2D eigenvalue weighted by Crippen LogP contribution is -2.30. The van der Waals surface area contributed by atoms with Crippen molar-refractivity contribution in [2.75, 3.05) is 16.2 Å². The minimum absolute atomic E-state index is 0.172. The van der Waals surface area contributed by atoms with E-state index in [1.165, 1.54) is 16.4 Å². The lowest BCUT2D eigenvalue weighted by molar-refractivity contribution is 0.102. The van der Waals surface area contributed by atoms with Crippen molar-refractivity contribution in [2.24, 2.45) is 0 Å². The highest BCUT2D eigenvalue weighted by molar-refractivity contribution is 14.1. The number of sulfonamides is 1. The van der Waals surface area contributed by atoms with Crippen LogP contribution in [-0.2, 0) is 10.0 Å². The highest BCUT2D eigenvalue weighted by Crippen LogP contribution is 2.24. The summed E-state index contributed by atoms with van der Waals surface area (Å²) in [5.74, 6) is -0.238. The van der Waals surface area contributed by atoms with Gasteiger partial charge in [0.1, 0.15) is 0 Å². The number of para-hydroxylation sites is 1. The van der Waals surface area contributed by atoms with Crippen LogP contribution in [0.4, 0.5) is 11.4 Å². The van der Waals surface area contributed by atoms with Crippen LogP contribution in [0.3, 0.4) is 0 Å². The van der Waals surface area contributed by atoms with Crippen LogP contribution in [0.2, 0.25) is 0 Å². The van der Waals surface area contributed by atoms with Crippen molar-refractivity contribution in [2.45, 2.75) is 18.7 Å². The highest BCUT2D eigenvalue weighted by atomic mass is 127. The van der Waals surface area contributed by atoms with Crippen LogP contribution in [0.15, 0.2) is 77.7 Å². The van der Waals surface area contributed by atoms with E-state index in [-0.39, 0.29) is 10.8 Å². The number of benzene rings is 3. The number of anilines is 2. The summed E-state index contributed by atoms with van der Waals surface area (Å²) in [6.45, 7) is 4.09. The third-order valence-corrected chi connectivity index (χ3v) is 7.54. The van der Waals surface area contributed by atoms with E-state index in [9.17, 15) is 13.2 Å². The van der Waals surface area contributed by atoms with Gasteiger partial charge in [-0.25, -0.2) is 8.42 Å². The maximum Gasteiger partial charge on any atom is 0.264 e. The summed E-state index contributed by atoms with van der Waals surface area (Å²) in [5.41, 5.74) is 2.81. The molecule has 1 amide bonds. The Balaban J connectivity index is 1.80. The van der Waals surface area contributed by atoms with E-state index < -0.39 is 10.0 Å². The molecule has 3 aromatic rings. The third kappa shape index (κ3) is 4.79. The zero-order valence-corrected chi connectivity index (χ0v) is 19.1. The van der Waals surface area contributed by atoms with Crippen molar-refractivity contribution in [3.63, 3.8) is 0 Å². The molecule has 3 aromatic carbocycles. The first-order chi connectivity index (χ1) is 13.8. The Kier molecular flexibility index (Phi) is 6.59. The van der Waals surface area contributed by atoms with Gasteiger partial charge in [0.15, 0.2) is 0 Å². The highest BCUT2D eigenvalue weighted by Gasteiger charge is 2.23. The van der Waals surface area contributed by atoms with Crippen LogP contribution in [0.1, 0.15) is 22.8 Å². The number of nitrogens with one attached hydrogen (secondary N) is 1. The predicted octanol–water partition coefficient (Wildman–Crippen LogP) is 5.07. The van der Waals surface area contributed by atoms with E-state index in [0.717, 1.165) is 9.13 Å². The smallest absolute Gasteiger partial charge is 0.264 e. The third-order valence-electron chi connectivity index (χ3n) is 4.47. The quantitative estimate of drug-likeness (QED) is 0.462. The molecule has 1 N–H and O–H groups in total. The molecule has 0 saturated carbocycles. The summed E-state index contributed by atoms with van der Waals surface area (Å²) in [4.78, 5) is 12.6. The number of rotatable bonds is 6. The normalized spacial score (nSPS) is 11.1. The van der Waals surface area contributed by atoms with Gasteiger partial charge in [0, 0.05) is 21.4 Å². The molecule has 3 rings (SSSR count). The van der Waals surface area contributed by atoms with Gasteiger partial charge in [-0.1, -0.05) is 24.3 Å². The molecule has 0 saturated heterocycles. The molecule has 5 nitrogen and oxygen atoms in total. The SMILES string of the molecule is CCN(c1ccccc1)S(=O)(=O)c1ccc(NC(=O)c2ccc(C)c(I)c2)cc1. The monoisotopic (exact) mass is 520 g/mol. The zero-order valence-electron chi connectivity index (χ0n) is 16.1. The van der Waals surface area contributed by atoms with Crippen LogP contribution in [0, 0.1) is 10.5 Å². The van der Waals surface area contributed by atoms with Gasteiger partial charge >= 0.3 is 0 Å². The van der Waals surface area contributed by atoms with E-state index in [4.69, 9.17) is 0 Å². The second-order valence-electron chi connectivity index (χ2n) is 6.45. The Hall–Kier alpha value is -2.39. The predicted molar refractivity (Wildman–Crippen MR) is 125 cm³/mol. The summed E-state index contributed by atoms with van der Waals surface area (Å²) in [5, 5.41) is 2.81. The second kappa shape index (κ2) is 8.96. The Bertz CT molecular complexity index is 1110. The molecule has 0 aliphatic rings. The Morgan fingerprint density at radius 3 is 2.24 bits per heavy atom. The molecule has 7 heteroatoms. The average Bonchev–Trinajstić information content (AvgIpc) is 2.71. The molecule has 0 fully saturated rings. The number of aryl methyl sites for hydroxylation is 1. The molecule has 0 radical (unpaired) electrons. The standard InChI is InChI=1S/C22H21IN2O3S/c1-3-25(19-7-5-4-6-8-19)29(27,28)20-13-11-18(12-14-20)24-22(26)17-10-9-16(2)21(23)15-17/h4-15H,3H2,1-2H3,(H,24,26). The van der Waals surface area contributed by atoms with Gasteiger partial charge < -0.3 is 5.32 Å². The van der Waals surface area contributed by atoms with E-state index >= 15 is 0 Å². The fraction of sp³-hybridized carbons (Fsp3) is 0.136. The van der Waals surface area contributed by atoms with Crippen molar-refractivity contribution in [1.82, 2.24) is 0 Å². The fourth-order valence-corrected chi connectivity index (χ4v) is 4.85. The van der Waals surface area contributed by atoms with Gasteiger partial charge in [-0.2, -0.15) is 0 Å². The number of hydrogen-bond acceptors (Lipinski definition) is 3. The summed E-state index contributed by atoms with van der Waals surface area (Å²) in [7, 11) is -3.69. The molecule has 0 aromatic heterocycles. The minimum atomic E-state index is -3.69. The van der Waals surface area contributed by atoms with Crippen LogP contribution in [-0.4, -0.2) is 20.9 Å². The number of nitrogens with zero attached hydrogens (tertiary/aromatic N) is 1. The number of carbonyl (C=O) groups is 1. The average molecular weight is 520 g/mol. The zero-order chi connectivity index (χ0) is 21.0. The molecule has 29 heavy (non-hydrogen) atoms. The molecular weight excluding hydrogens is 499 g/mol. The van der Waals surface area contributed by atoms with Crippen LogP contribution in [0.25, 0.3) is 0 Å². The van der Waals surface area contributed by atoms with Crippen LogP contribution < -0.4 is 9.62 Å². The first kappa shape index (κ1) is 21.3. The van der Waals surface area contributed by atoms with Gasteiger partial charge in [-0.05, 0) is 90.5 Å². The van der Waals surface area contributed by atoms with Gasteiger partial charge in [0.2, 0.25) is 0 Å². The number of amides is 1. The van der Waals surface area contributed by atoms with Crippen molar-refractivity contribution < 1.29 is 13.2 Å². The van der Waals surface area contributed by atoms with Gasteiger partial charge in [-0.3, -0.25) is 9.10 Å². The topological polar surface area (TPSA) is 66.5 Å². The Morgan fingerprint density at radius 1 is 1.00 bits per heavy atom. The minimum Gasteiger partial charge on any atom is -0.322 e. The van der Waals surface area contributed by atoms with Crippen LogP contribution in [0.5, 0.6) is 0 Å². The molecular formula is C22H21IN2O3S. The van der Waals surface area contributed by atoms with Crippen molar-refractivity contribution >= 4 is 49.9 Å². The van der Waals surface area contributed by atoms with Crippen LogP contribution >= 0.6 is 22.6 Å². The van der Waals surface area contributed by atoms with Gasteiger partial charge in [0.05, 0.1) is 10.6 Å². The molecule has 0 unspecified atom stereocenters. The second-order valence-corrected chi connectivity index (χ2v) is 9.47. The summed E-state index contributed by atoms with van der Waals surface area (Å²) in [6, 6.07) is 20.7. The number of halogens is 1. The Morgan fingerprint density at radius 2 is 1.66 bits per heavy atom. The summed E-state index contributed by atoms with van der Waals surface area (Å²) in [6.07, 6.45) is 0. The Labute approximate surface area is 184 Å². The van der Waals surface area contributed by atoms with E-state index in [1.807, 2.05) is 25.1 Å². The maximum atomic E-state index is 13.0.